The van der Waals surface area contributed by atoms with Crippen LogP contribution in [0.15, 0.2) is 24.2 Å². The van der Waals surface area contributed by atoms with Crippen LogP contribution < -0.4 is 0 Å². The van der Waals surface area contributed by atoms with Gasteiger partial charge in [-0.3, -0.25) is 0 Å². The van der Waals surface area contributed by atoms with Crippen LogP contribution in [0.5, 0.6) is 0 Å². The summed E-state index contributed by atoms with van der Waals surface area (Å²) in [7, 11) is 0. The van der Waals surface area contributed by atoms with E-state index in [1.165, 1.54) is 0 Å². The number of nitrogens with zero attached hydrogens (tertiary/aromatic N) is 2. The Hall–Kier alpha value is -1.27. The van der Waals surface area contributed by atoms with Crippen LogP contribution in [0.1, 0.15) is 5.82 Å². The number of allylic oxidation sites excluding steroid dienone is 1. The number of aromatic nitrogens is 2. The smallest absolute Gasteiger partial charge is 0.117 e. The molecule has 9 heavy (non-hydrogen) atoms. The lowest BCUT2D eigenvalue weighted by atomic mass is 10.3. The highest BCUT2D eigenvalue weighted by atomic mass is 15.0. The van der Waals surface area contributed by atoms with Crippen LogP contribution in [-0.2, 0) is 6.42 Å². The van der Waals surface area contributed by atoms with Gasteiger partial charge in [-0.2, -0.15) is 0 Å². The van der Waals surface area contributed by atoms with Crippen molar-refractivity contribution < 1.29 is 0 Å². The summed E-state index contributed by atoms with van der Waals surface area (Å²) in [5.41, 5.74) is 3.00. The highest BCUT2D eigenvalue weighted by molar-refractivity contribution is 5.28. The Morgan fingerprint density at radius 1 is 1.67 bits per heavy atom. The van der Waals surface area contributed by atoms with E-state index in [0.29, 0.717) is 0 Å². The van der Waals surface area contributed by atoms with Crippen LogP contribution in [0.4, 0.5) is 0 Å². The first-order valence-corrected chi connectivity index (χ1v) is 2.89. The maximum absolute atomic E-state index is 4.12. The molecule has 0 amide bonds. The zero-order valence-electron chi connectivity index (χ0n) is 4.91. The molecule has 0 radical (unpaired) electrons. The minimum absolute atomic E-state index is 0.906. The van der Waals surface area contributed by atoms with E-state index in [1.54, 1.807) is 6.20 Å². The van der Waals surface area contributed by atoms with Gasteiger partial charge in [0.2, 0.25) is 0 Å². The summed E-state index contributed by atoms with van der Waals surface area (Å²) in [4.78, 5) is 4.12. The third-order valence-electron chi connectivity index (χ3n) is 1.36. The van der Waals surface area contributed by atoms with Crippen molar-refractivity contribution in [3.8, 4) is 0 Å². The first-order chi connectivity index (χ1) is 4.47. The topological polar surface area (TPSA) is 17.8 Å². The molecule has 0 spiro atoms. The molecule has 0 N–H and O–H groups in total. The van der Waals surface area contributed by atoms with Crippen LogP contribution in [0.25, 0.3) is 6.20 Å². The van der Waals surface area contributed by atoms with E-state index in [4.69, 9.17) is 0 Å². The molecule has 44 valence electrons. The van der Waals surface area contributed by atoms with Crippen molar-refractivity contribution in [3.63, 3.8) is 0 Å². The molecule has 0 aliphatic carbocycles. The summed E-state index contributed by atoms with van der Waals surface area (Å²) in [5.74, 6) is 1.09. The molecule has 0 atom stereocenters. The molecule has 0 aromatic carbocycles. The largest absolute Gasteiger partial charge is 0.303 e. The minimum Gasteiger partial charge on any atom is -0.303 e. The molecule has 1 aliphatic rings. The van der Waals surface area contributed by atoms with Gasteiger partial charge in [0.25, 0.3) is 0 Å². The second-order valence-electron chi connectivity index (χ2n) is 1.95. The fraction of sp³-hybridized carbons (Fsp3) is 0.143. The van der Waals surface area contributed by atoms with Gasteiger partial charge in [0.05, 0.1) is 6.20 Å². The lowest BCUT2D eigenvalue weighted by Crippen LogP contribution is -1.95. The Morgan fingerprint density at radius 2 is 2.67 bits per heavy atom. The fourth-order valence-electron chi connectivity index (χ4n) is 0.903. The van der Waals surface area contributed by atoms with Gasteiger partial charge < -0.3 is 4.57 Å². The van der Waals surface area contributed by atoms with Gasteiger partial charge in [-0.25, -0.2) is 4.98 Å². The van der Waals surface area contributed by atoms with Gasteiger partial charge in [0.1, 0.15) is 5.82 Å². The molecule has 0 saturated heterocycles. The maximum Gasteiger partial charge on any atom is 0.117 e. The van der Waals surface area contributed by atoms with Gasteiger partial charge >= 0.3 is 0 Å². The zero-order valence-corrected chi connectivity index (χ0v) is 4.91. The number of fused-ring (bicyclic) bond motifs is 1. The molecule has 1 aromatic heterocycles. The number of imidazole rings is 1. The average molecular weight is 118 g/mol. The Morgan fingerprint density at radius 3 is 3.56 bits per heavy atom. The standard InChI is InChI=1S/C7H6N2/c1-2-5-9-6-4-8-7(9)3-1/h1,4-6H,3H2. The van der Waals surface area contributed by atoms with Gasteiger partial charge in [0.15, 0.2) is 0 Å². The van der Waals surface area contributed by atoms with Crippen LogP contribution in [0.2, 0.25) is 0 Å². The summed E-state index contributed by atoms with van der Waals surface area (Å²) in [6, 6.07) is 0. The van der Waals surface area contributed by atoms with Crippen LogP contribution in [-0.4, -0.2) is 9.55 Å². The third-order valence-corrected chi connectivity index (χ3v) is 1.36. The third kappa shape index (κ3) is 0.609. The predicted octanol–water partition coefficient (Wildman–Crippen LogP) is 1.06. The Bertz CT molecular complexity index is 277. The van der Waals surface area contributed by atoms with E-state index >= 15 is 0 Å². The molecule has 2 nitrogen and oxygen atoms in total. The predicted molar refractivity (Wildman–Crippen MR) is 34.8 cm³/mol. The molecule has 1 aromatic rings. The molecule has 2 heteroatoms. The van der Waals surface area contributed by atoms with Crippen LogP contribution in [0, 0.1) is 0 Å². The molecule has 2 rings (SSSR count). The van der Waals surface area contributed by atoms with Gasteiger partial charge in [-0.15, -0.1) is 5.73 Å². The lowest BCUT2D eigenvalue weighted by molar-refractivity contribution is 0.958. The second-order valence-corrected chi connectivity index (χ2v) is 1.95. The summed E-state index contributed by atoms with van der Waals surface area (Å²) < 4.78 is 1.97. The van der Waals surface area contributed by atoms with E-state index in [1.807, 2.05) is 23.0 Å². The molecular formula is C7H6N2. The molecule has 0 saturated carbocycles. The van der Waals surface area contributed by atoms with E-state index < -0.39 is 0 Å². The normalized spacial score (nSPS) is 13.8. The van der Waals surface area contributed by atoms with Crippen molar-refractivity contribution in [1.82, 2.24) is 9.55 Å². The first kappa shape index (κ1) is 4.59. The van der Waals surface area contributed by atoms with Crippen LogP contribution >= 0.6 is 0 Å². The van der Waals surface area contributed by atoms with Crippen LogP contribution in [0.3, 0.4) is 0 Å². The van der Waals surface area contributed by atoms with E-state index in [-0.39, 0.29) is 0 Å². The van der Waals surface area contributed by atoms with E-state index in [9.17, 15) is 0 Å². The van der Waals surface area contributed by atoms with Crippen molar-refractivity contribution in [1.29, 1.82) is 0 Å². The summed E-state index contributed by atoms with van der Waals surface area (Å²) in [6.45, 7) is 0. The van der Waals surface area contributed by atoms with Crippen molar-refractivity contribution in [2.45, 2.75) is 6.42 Å². The summed E-state index contributed by atoms with van der Waals surface area (Å²) >= 11 is 0. The monoisotopic (exact) mass is 118 g/mol. The Balaban J connectivity index is 2.65. The van der Waals surface area contributed by atoms with Crippen molar-refractivity contribution >= 4 is 6.20 Å². The highest BCUT2D eigenvalue weighted by Gasteiger charge is 1.98. The van der Waals surface area contributed by atoms with Crippen molar-refractivity contribution in [2.75, 3.05) is 0 Å². The number of hydrogen-bond donors (Lipinski definition) is 0. The molecule has 1 aliphatic heterocycles. The first-order valence-electron chi connectivity index (χ1n) is 2.89. The fourth-order valence-corrected chi connectivity index (χ4v) is 0.903. The molecule has 0 unspecified atom stereocenters. The summed E-state index contributed by atoms with van der Waals surface area (Å²) in [5, 5.41) is 0. The lowest BCUT2D eigenvalue weighted by Gasteiger charge is -1.98. The molecule has 0 fully saturated rings. The highest BCUT2D eigenvalue weighted by Crippen LogP contribution is 2.02. The second kappa shape index (κ2) is 1.61. The Labute approximate surface area is 53.1 Å². The molecular weight excluding hydrogens is 112 g/mol. The summed E-state index contributed by atoms with van der Waals surface area (Å²) in [6.07, 6.45) is 8.49. The number of hydrogen-bond acceptors (Lipinski definition) is 1. The quantitative estimate of drug-likeness (QED) is 0.466. The van der Waals surface area contributed by atoms with Gasteiger partial charge in [-0.05, 0) is 6.08 Å². The van der Waals surface area contributed by atoms with Crippen molar-refractivity contribution in [2.24, 2.45) is 0 Å². The average Bonchev–Trinajstić information content (AvgIpc) is 2.33. The van der Waals surface area contributed by atoms with E-state index in [2.05, 4.69) is 10.7 Å². The Kier molecular flexibility index (Phi) is 0.820. The SMILES string of the molecule is C1=CCc2nccn2C=1. The maximum atomic E-state index is 4.12. The zero-order chi connectivity index (χ0) is 6.10. The van der Waals surface area contributed by atoms with Gasteiger partial charge in [0, 0.05) is 18.8 Å². The number of rotatable bonds is 0. The molecule has 2 heterocycles. The van der Waals surface area contributed by atoms with Gasteiger partial charge in [-0.1, -0.05) is 0 Å². The van der Waals surface area contributed by atoms with E-state index in [0.717, 1.165) is 12.2 Å². The minimum atomic E-state index is 0.906. The molecule has 0 bridgehead atoms. The van der Waals surface area contributed by atoms with Crippen molar-refractivity contribution in [3.05, 3.63) is 30.0 Å².